The molecule has 1 saturated heterocycles. The highest BCUT2D eigenvalue weighted by Gasteiger charge is 2.27. The van der Waals surface area contributed by atoms with Gasteiger partial charge in [-0.25, -0.2) is 4.99 Å². The van der Waals surface area contributed by atoms with Crippen molar-refractivity contribution in [3.05, 3.63) is 41.3 Å². The highest BCUT2D eigenvalue weighted by atomic mass is 127. The average Bonchev–Trinajstić information content (AvgIpc) is 3.40. The van der Waals surface area contributed by atoms with Crippen LogP contribution >= 0.6 is 24.0 Å². The molecule has 3 rings (SSSR count). The first-order valence-corrected chi connectivity index (χ1v) is 9.87. The Morgan fingerprint density at radius 3 is 2.52 bits per heavy atom. The fraction of sp³-hybridized carbons (Fsp3) is 0.524. The molecule has 1 aliphatic rings. The van der Waals surface area contributed by atoms with Crippen molar-refractivity contribution >= 4 is 29.9 Å². The molecule has 1 N–H and O–H groups in total. The number of aromatic nitrogens is 1. The summed E-state index contributed by atoms with van der Waals surface area (Å²) in [5.74, 6) is 3.76. The molecule has 29 heavy (non-hydrogen) atoms. The number of hydrogen-bond donors (Lipinski definition) is 1. The minimum atomic E-state index is 0. The molecule has 1 aliphatic heterocycles. The van der Waals surface area contributed by atoms with Gasteiger partial charge in [-0.15, -0.1) is 24.0 Å². The summed E-state index contributed by atoms with van der Waals surface area (Å²) in [5.41, 5.74) is 2.20. The van der Waals surface area contributed by atoms with E-state index in [0.29, 0.717) is 12.5 Å². The predicted molar refractivity (Wildman–Crippen MR) is 125 cm³/mol. The number of likely N-dealkylation sites (tertiary alicyclic amines) is 1. The van der Waals surface area contributed by atoms with Crippen LogP contribution in [0.25, 0.3) is 0 Å². The summed E-state index contributed by atoms with van der Waals surface area (Å²) in [6, 6.07) is 8.08. The summed E-state index contributed by atoms with van der Waals surface area (Å²) in [7, 11) is 3.37. The van der Waals surface area contributed by atoms with Crippen LogP contribution in [-0.4, -0.2) is 49.9 Å². The second kappa shape index (κ2) is 11.3. The summed E-state index contributed by atoms with van der Waals surface area (Å²) in [6.45, 7) is 7.31. The zero-order chi connectivity index (χ0) is 19.9. The molecule has 160 valence electrons. The van der Waals surface area contributed by atoms with Gasteiger partial charge in [0.2, 0.25) is 0 Å². The Balaban J connectivity index is 0.00000300. The van der Waals surface area contributed by atoms with Crippen molar-refractivity contribution in [1.29, 1.82) is 0 Å². The van der Waals surface area contributed by atoms with Crippen LogP contribution in [0.3, 0.4) is 0 Å². The van der Waals surface area contributed by atoms with Crippen LogP contribution in [-0.2, 0) is 13.0 Å². The molecule has 0 spiro atoms. The number of methoxy groups -OCH3 is 2. The number of nitrogens with zero attached hydrogens (tertiary/aromatic N) is 3. The van der Waals surface area contributed by atoms with Gasteiger partial charge in [-0.2, -0.15) is 0 Å². The molecule has 8 heteroatoms. The lowest BCUT2D eigenvalue weighted by Crippen LogP contribution is -2.40. The standard InChI is InChI=1S/C21H30N4O3.HI/c1-5-17-11-20(28-24-17)13-23-21(22-6-2)25-8-7-15(14-25)16-9-18(26-3)12-19(10-16)27-4;/h9-12,15H,5-8,13-14H2,1-4H3,(H,22,23);1H. The van der Waals surface area contributed by atoms with Gasteiger partial charge in [-0.05, 0) is 37.5 Å². The number of halogens is 1. The Morgan fingerprint density at radius 2 is 1.93 bits per heavy atom. The Labute approximate surface area is 189 Å². The van der Waals surface area contributed by atoms with Crippen molar-refractivity contribution in [2.24, 2.45) is 4.99 Å². The molecule has 1 unspecified atom stereocenters. The topological polar surface area (TPSA) is 72.1 Å². The van der Waals surface area contributed by atoms with Gasteiger partial charge in [-0.3, -0.25) is 0 Å². The highest BCUT2D eigenvalue weighted by Crippen LogP contribution is 2.33. The monoisotopic (exact) mass is 514 g/mol. The van der Waals surface area contributed by atoms with Gasteiger partial charge in [-0.1, -0.05) is 12.1 Å². The normalized spacial score (nSPS) is 16.5. The maximum atomic E-state index is 5.42. The smallest absolute Gasteiger partial charge is 0.194 e. The summed E-state index contributed by atoms with van der Waals surface area (Å²) in [5, 5.41) is 7.44. The molecule has 2 aromatic rings. The lowest BCUT2D eigenvalue weighted by molar-refractivity contribution is 0.378. The second-order valence-corrected chi connectivity index (χ2v) is 6.89. The Kier molecular flexibility index (Phi) is 9.06. The first kappa shape index (κ1) is 23.3. The number of benzene rings is 1. The lowest BCUT2D eigenvalue weighted by Gasteiger charge is -2.22. The molecule has 1 aromatic heterocycles. The van der Waals surface area contributed by atoms with Gasteiger partial charge in [0.1, 0.15) is 18.0 Å². The van der Waals surface area contributed by atoms with E-state index in [0.717, 1.165) is 61.4 Å². The summed E-state index contributed by atoms with van der Waals surface area (Å²) >= 11 is 0. The third-order valence-corrected chi connectivity index (χ3v) is 5.02. The molecule has 1 aromatic carbocycles. The molecule has 0 bridgehead atoms. The van der Waals surface area contributed by atoms with E-state index in [1.54, 1.807) is 14.2 Å². The van der Waals surface area contributed by atoms with Gasteiger partial charge < -0.3 is 24.2 Å². The number of aliphatic imine (C=N–C) groups is 1. The molecule has 1 atom stereocenters. The van der Waals surface area contributed by atoms with E-state index in [-0.39, 0.29) is 24.0 Å². The van der Waals surface area contributed by atoms with E-state index >= 15 is 0 Å². The molecule has 2 heterocycles. The summed E-state index contributed by atoms with van der Waals surface area (Å²) in [6.07, 6.45) is 1.92. The molecule has 0 saturated carbocycles. The minimum absolute atomic E-state index is 0. The van der Waals surface area contributed by atoms with E-state index in [1.165, 1.54) is 5.56 Å². The van der Waals surface area contributed by atoms with Crippen LogP contribution in [0.5, 0.6) is 11.5 Å². The van der Waals surface area contributed by atoms with E-state index < -0.39 is 0 Å². The highest BCUT2D eigenvalue weighted by molar-refractivity contribution is 14.0. The maximum Gasteiger partial charge on any atom is 0.194 e. The zero-order valence-corrected chi connectivity index (χ0v) is 19.9. The quantitative estimate of drug-likeness (QED) is 0.344. The van der Waals surface area contributed by atoms with Gasteiger partial charge in [0.05, 0.1) is 19.9 Å². The Morgan fingerprint density at radius 1 is 1.21 bits per heavy atom. The fourth-order valence-corrected chi connectivity index (χ4v) is 3.47. The molecule has 0 aliphatic carbocycles. The van der Waals surface area contributed by atoms with Crippen LogP contribution < -0.4 is 14.8 Å². The van der Waals surface area contributed by atoms with Crippen LogP contribution in [0.1, 0.15) is 43.2 Å². The van der Waals surface area contributed by atoms with Crippen LogP contribution in [0, 0.1) is 0 Å². The number of ether oxygens (including phenoxy) is 2. The number of nitrogens with one attached hydrogen (secondary N) is 1. The summed E-state index contributed by atoms with van der Waals surface area (Å²) in [4.78, 5) is 7.06. The molecule has 0 amide bonds. The van der Waals surface area contributed by atoms with E-state index in [4.69, 9.17) is 19.0 Å². The van der Waals surface area contributed by atoms with Crippen molar-refractivity contribution in [1.82, 2.24) is 15.4 Å². The van der Waals surface area contributed by atoms with Crippen molar-refractivity contribution < 1.29 is 14.0 Å². The molecular formula is C21H31IN4O3. The number of rotatable bonds is 7. The lowest BCUT2D eigenvalue weighted by atomic mass is 9.98. The third kappa shape index (κ3) is 6.01. The van der Waals surface area contributed by atoms with Gasteiger partial charge >= 0.3 is 0 Å². The maximum absolute atomic E-state index is 5.42. The fourth-order valence-electron chi connectivity index (χ4n) is 3.47. The first-order valence-electron chi connectivity index (χ1n) is 9.87. The van der Waals surface area contributed by atoms with Crippen molar-refractivity contribution in [3.63, 3.8) is 0 Å². The van der Waals surface area contributed by atoms with E-state index in [9.17, 15) is 0 Å². The second-order valence-electron chi connectivity index (χ2n) is 6.89. The van der Waals surface area contributed by atoms with Crippen molar-refractivity contribution in [2.75, 3.05) is 33.9 Å². The third-order valence-electron chi connectivity index (χ3n) is 5.02. The molecule has 0 radical (unpaired) electrons. The van der Waals surface area contributed by atoms with Gasteiger partial charge in [0.25, 0.3) is 0 Å². The minimum Gasteiger partial charge on any atom is -0.497 e. The number of guanidine groups is 1. The van der Waals surface area contributed by atoms with E-state index in [2.05, 4.69) is 41.4 Å². The van der Waals surface area contributed by atoms with E-state index in [1.807, 2.05) is 12.1 Å². The van der Waals surface area contributed by atoms with Crippen molar-refractivity contribution in [3.8, 4) is 11.5 Å². The van der Waals surface area contributed by atoms with Crippen molar-refractivity contribution in [2.45, 2.75) is 39.2 Å². The SMILES string of the molecule is CCNC(=NCc1cc(CC)no1)N1CCC(c2cc(OC)cc(OC)c2)C1.I. The predicted octanol–water partition coefficient (Wildman–Crippen LogP) is 3.83. The first-order chi connectivity index (χ1) is 13.7. The number of hydrogen-bond acceptors (Lipinski definition) is 5. The average molecular weight is 514 g/mol. The van der Waals surface area contributed by atoms with Crippen LogP contribution in [0.15, 0.2) is 33.8 Å². The number of aryl methyl sites for hydroxylation is 1. The Hall–Kier alpha value is -1.97. The molecule has 1 fully saturated rings. The van der Waals surface area contributed by atoms with Crippen LogP contribution in [0.4, 0.5) is 0 Å². The van der Waals surface area contributed by atoms with Gasteiger partial charge in [0.15, 0.2) is 11.7 Å². The largest absolute Gasteiger partial charge is 0.497 e. The van der Waals surface area contributed by atoms with Gasteiger partial charge in [0, 0.05) is 37.7 Å². The zero-order valence-electron chi connectivity index (χ0n) is 17.6. The summed E-state index contributed by atoms with van der Waals surface area (Å²) < 4.78 is 16.2. The van der Waals surface area contributed by atoms with Crippen LogP contribution in [0.2, 0.25) is 0 Å². The molecular weight excluding hydrogens is 483 g/mol. The molecule has 7 nitrogen and oxygen atoms in total. The Bertz CT molecular complexity index is 787.